The average Bonchev–Trinajstić information content (AvgIpc) is 3.41. The molecule has 4 aromatic rings. The van der Waals surface area contributed by atoms with E-state index in [1.54, 1.807) is 0 Å². The van der Waals surface area contributed by atoms with Crippen molar-refractivity contribution >= 4 is 22.3 Å². The first-order valence-corrected chi connectivity index (χ1v) is 10.3. The molecule has 0 bridgehead atoms. The number of aromatic amines is 2. The highest BCUT2D eigenvalue weighted by Gasteiger charge is 2.14. The van der Waals surface area contributed by atoms with E-state index in [1.165, 1.54) is 35.9 Å². The molecular weight excluding hydrogens is 416 g/mol. The molecule has 0 saturated carbocycles. The predicted octanol–water partition coefficient (Wildman–Crippen LogP) is 0.159. The third-order valence-electron chi connectivity index (χ3n) is 4.92. The summed E-state index contributed by atoms with van der Waals surface area (Å²) in [5.41, 5.74) is 0.306. The summed E-state index contributed by atoms with van der Waals surface area (Å²) in [6.45, 7) is 9.14. The molecule has 0 unspecified atom stereocenters. The molecular formula is C20H28N8O4. The Morgan fingerprint density at radius 2 is 1.06 bits per heavy atom. The van der Waals surface area contributed by atoms with Crippen molar-refractivity contribution in [2.75, 3.05) is 0 Å². The van der Waals surface area contributed by atoms with E-state index >= 15 is 0 Å². The molecule has 0 aliphatic rings. The van der Waals surface area contributed by atoms with E-state index in [1.807, 2.05) is 27.7 Å². The van der Waals surface area contributed by atoms with Gasteiger partial charge in [0.2, 0.25) is 0 Å². The van der Waals surface area contributed by atoms with E-state index in [4.69, 9.17) is 0 Å². The second-order valence-corrected chi connectivity index (χ2v) is 8.50. The van der Waals surface area contributed by atoms with Gasteiger partial charge in [-0.15, -0.1) is 0 Å². The van der Waals surface area contributed by atoms with Crippen LogP contribution in [-0.4, -0.2) is 38.2 Å². The van der Waals surface area contributed by atoms with Gasteiger partial charge in [0.05, 0.1) is 12.7 Å². The first kappa shape index (κ1) is 23.0. The predicted molar refractivity (Wildman–Crippen MR) is 121 cm³/mol. The number of imidazole rings is 2. The van der Waals surface area contributed by atoms with Crippen molar-refractivity contribution in [2.45, 2.75) is 40.8 Å². The van der Waals surface area contributed by atoms with Gasteiger partial charge in [-0.2, -0.15) is 0 Å². The van der Waals surface area contributed by atoms with Crippen LogP contribution in [-0.2, 0) is 27.2 Å². The highest BCUT2D eigenvalue weighted by Crippen LogP contribution is 2.05. The minimum absolute atomic E-state index is 0.315. The van der Waals surface area contributed by atoms with Crippen LogP contribution in [0.15, 0.2) is 31.8 Å². The van der Waals surface area contributed by atoms with Crippen molar-refractivity contribution in [1.82, 2.24) is 38.2 Å². The summed E-state index contributed by atoms with van der Waals surface area (Å²) in [7, 11) is 2.95. The van der Waals surface area contributed by atoms with Gasteiger partial charge in [-0.3, -0.25) is 27.9 Å². The van der Waals surface area contributed by atoms with Crippen LogP contribution in [0.2, 0.25) is 0 Å². The number of rotatable bonds is 4. The molecule has 0 spiro atoms. The van der Waals surface area contributed by atoms with Gasteiger partial charge in [-0.25, -0.2) is 19.6 Å². The SMILES string of the molecule is CC(C)Cn1c(=O)n(C)c(=O)c2[nH]cnc21.CC(C)Cn1c(=O)n(C)c(=O)c2[nH]cnc21. The second kappa shape index (κ2) is 8.81. The van der Waals surface area contributed by atoms with Crippen LogP contribution in [0.5, 0.6) is 0 Å². The smallest absolute Gasteiger partial charge is 0.332 e. The zero-order chi connectivity index (χ0) is 23.7. The normalized spacial score (nSPS) is 11.5. The van der Waals surface area contributed by atoms with Crippen molar-refractivity contribution in [1.29, 1.82) is 0 Å². The Bertz CT molecular complexity index is 1380. The topological polar surface area (TPSA) is 145 Å². The molecule has 0 atom stereocenters. The number of hydrogen-bond acceptors (Lipinski definition) is 6. The van der Waals surface area contributed by atoms with Crippen LogP contribution in [0.3, 0.4) is 0 Å². The number of hydrogen-bond donors (Lipinski definition) is 2. The van der Waals surface area contributed by atoms with Crippen LogP contribution < -0.4 is 22.5 Å². The first-order chi connectivity index (χ1) is 15.0. The molecule has 0 fully saturated rings. The molecule has 4 rings (SSSR count). The molecule has 32 heavy (non-hydrogen) atoms. The first-order valence-electron chi connectivity index (χ1n) is 10.3. The molecule has 172 valence electrons. The summed E-state index contributed by atoms with van der Waals surface area (Å²) < 4.78 is 5.25. The largest absolute Gasteiger partial charge is 0.339 e. The number of H-pyrrole nitrogens is 2. The van der Waals surface area contributed by atoms with Crippen molar-refractivity contribution < 1.29 is 0 Å². The molecule has 0 aliphatic carbocycles. The van der Waals surface area contributed by atoms with Crippen LogP contribution in [0.25, 0.3) is 22.3 Å². The Kier molecular flexibility index (Phi) is 6.32. The maximum Gasteiger partial charge on any atom is 0.332 e. The molecule has 0 saturated heterocycles. The van der Waals surface area contributed by atoms with Gasteiger partial charge in [0.15, 0.2) is 11.3 Å². The molecule has 4 heterocycles. The van der Waals surface area contributed by atoms with E-state index in [2.05, 4.69) is 19.9 Å². The summed E-state index contributed by atoms with van der Waals surface area (Å²) in [6.07, 6.45) is 2.87. The minimum atomic E-state index is -0.336. The van der Waals surface area contributed by atoms with Gasteiger partial charge in [0.25, 0.3) is 11.1 Å². The van der Waals surface area contributed by atoms with Crippen LogP contribution in [0.1, 0.15) is 27.7 Å². The van der Waals surface area contributed by atoms with Crippen molar-refractivity contribution in [3.05, 3.63) is 54.3 Å². The molecule has 4 aromatic heterocycles. The standard InChI is InChI=1S/2C10H14N4O2/c2*1-6(2)4-14-8-7(11-5-12-8)9(15)13(3)10(14)16/h2*5-6H,4H2,1-3H3,(H,11,12). The van der Waals surface area contributed by atoms with Gasteiger partial charge in [0.1, 0.15) is 11.0 Å². The number of aromatic nitrogens is 8. The molecule has 12 heteroatoms. The van der Waals surface area contributed by atoms with Gasteiger partial charge in [-0.1, -0.05) is 27.7 Å². The maximum atomic E-state index is 11.9. The van der Waals surface area contributed by atoms with Crippen molar-refractivity contribution in [2.24, 2.45) is 25.9 Å². The van der Waals surface area contributed by atoms with Crippen LogP contribution in [0.4, 0.5) is 0 Å². The Morgan fingerprint density at radius 1 is 0.719 bits per heavy atom. The van der Waals surface area contributed by atoms with E-state index < -0.39 is 0 Å². The highest BCUT2D eigenvalue weighted by atomic mass is 16.2. The summed E-state index contributed by atoms with van der Waals surface area (Å²) in [5.74, 6) is 0.630. The van der Waals surface area contributed by atoms with E-state index in [9.17, 15) is 19.2 Å². The fourth-order valence-corrected chi connectivity index (χ4v) is 3.41. The maximum absolute atomic E-state index is 11.9. The Balaban J connectivity index is 0.000000181. The van der Waals surface area contributed by atoms with Crippen LogP contribution >= 0.6 is 0 Å². The Labute approximate surface area is 182 Å². The molecule has 0 radical (unpaired) electrons. The van der Waals surface area contributed by atoms with Gasteiger partial charge in [0, 0.05) is 27.2 Å². The zero-order valence-electron chi connectivity index (χ0n) is 19.0. The average molecular weight is 444 g/mol. The second-order valence-electron chi connectivity index (χ2n) is 8.50. The molecule has 0 amide bonds. The molecule has 12 nitrogen and oxygen atoms in total. The third kappa shape index (κ3) is 4.07. The van der Waals surface area contributed by atoms with Crippen LogP contribution in [0, 0.1) is 11.8 Å². The fraction of sp³-hybridized carbons (Fsp3) is 0.500. The summed E-state index contributed by atoms with van der Waals surface area (Å²) in [4.78, 5) is 60.9. The van der Waals surface area contributed by atoms with E-state index in [-0.39, 0.29) is 22.5 Å². The van der Waals surface area contributed by atoms with Gasteiger partial charge >= 0.3 is 11.4 Å². The number of fused-ring (bicyclic) bond motifs is 2. The zero-order valence-corrected chi connectivity index (χ0v) is 19.0. The van der Waals surface area contributed by atoms with Crippen molar-refractivity contribution in [3.8, 4) is 0 Å². The highest BCUT2D eigenvalue weighted by molar-refractivity contribution is 5.69. The quantitative estimate of drug-likeness (QED) is 0.459. The van der Waals surface area contributed by atoms with Gasteiger partial charge < -0.3 is 9.97 Å². The number of nitrogens with one attached hydrogen (secondary N) is 2. The Morgan fingerprint density at radius 3 is 1.38 bits per heavy atom. The van der Waals surface area contributed by atoms with Gasteiger partial charge in [-0.05, 0) is 11.8 Å². The summed E-state index contributed by atoms with van der Waals surface area (Å²) in [5, 5.41) is 0. The lowest BCUT2D eigenvalue weighted by Crippen LogP contribution is -2.38. The Hall–Kier alpha value is -3.70. The molecule has 0 aromatic carbocycles. The molecule has 0 aliphatic heterocycles. The number of nitrogens with zero attached hydrogens (tertiary/aromatic N) is 6. The van der Waals surface area contributed by atoms with E-state index in [0.717, 1.165) is 9.13 Å². The minimum Gasteiger partial charge on any atom is -0.339 e. The fourth-order valence-electron chi connectivity index (χ4n) is 3.41. The molecule has 2 N–H and O–H groups in total. The monoisotopic (exact) mass is 444 g/mol. The summed E-state index contributed by atoms with van der Waals surface area (Å²) in [6, 6.07) is 0. The van der Waals surface area contributed by atoms with E-state index in [0.29, 0.717) is 47.3 Å². The summed E-state index contributed by atoms with van der Waals surface area (Å²) >= 11 is 0. The van der Waals surface area contributed by atoms with Crippen molar-refractivity contribution in [3.63, 3.8) is 0 Å². The lowest BCUT2D eigenvalue weighted by atomic mass is 10.2. The third-order valence-corrected chi connectivity index (χ3v) is 4.92. The lowest BCUT2D eigenvalue weighted by molar-refractivity contribution is 0.500. The lowest BCUT2D eigenvalue weighted by Gasteiger charge is -2.10.